The van der Waals surface area contributed by atoms with Gasteiger partial charge in [-0.05, 0) is 74.1 Å². The van der Waals surface area contributed by atoms with Crippen LogP contribution in [0.2, 0.25) is 0 Å². The second-order valence-electron chi connectivity index (χ2n) is 11.6. The van der Waals surface area contributed by atoms with E-state index in [0.717, 1.165) is 66.9 Å². The lowest BCUT2D eigenvalue weighted by atomic mass is 9.57. The zero-order valence-electron chi connectivity index (χ0n) is 21.2. The number of piperidine rings is 1. The smallest absolute Gasteiger partial charge is 0.416 e. The largest absolute Gasteiger partial charge is 0.508 e. The number of carbonyl (C=O) groups is 1. The Balaban J connectivity index is 1.30. The lowest BCUT2D eigenvalue weighted by Crippen LogP contribution is -2.62. The number of hydrogen-bond acceptors (Lipinski definition) is 2. The topological polar surface area (TPSA) is 49.3 Å². The molecule has 0 spiro atoms. The van der Waals surface area contributed by atoms with Crippen LogP contribution in [0.3, 0.4) is 0 Å². The summed E-state index contributed by atoms with van der Waals surface area (Å²) in [7, 11) is 2.38. The van der Waals surface area contributed by atoms with Gasteiger partial charge in [0.1, 0.15) is 5.75 Å². The number of quaternary nitrogens is 1. The predicted molar refractivity (Wildman–Crippen MR) is 136 cm³/mol. The second-order valence-corrected chi connectivity index (χ2v) is 11.6. The molecule has 1 saturated heterocycles. The number of halogens is 3. The highest BCUT2D eigenvalue weighted by Gasteiger charge is 2.53. The predicted octanol–water partition coefficient (Wildman–Crippen LogP) is 5.25. The monoisotopic (exact) mass is 511 g/mol. The molecule has 2 aromatic rings. The fourth-order valence-corrected chi connectivity index (χ4v) is 6.67. The van der Waals surface area contributed by atoms with Gasteiger partial charge in [-0.3, -0.25) is 4.79 Å². The van der Waals surface area contributed by atoms with Crippen molar-refractivity contribution >= 4 is 5.91 Å². The number of benzene rings is 2. The summed E-state index contributed by atoms with van der Waals surface area (Å²) in [6.07, 6.45) is 1.94. The number of rotatable bonds is 4. The zero-order chi connectivity index (χ0) is 26.3. The van der Waals surface area contributed by atoms with Gasteiger partial charge in [0.15, 0.2) is 0 Å². The molecule has 37 heavy (non-hydrogen) atoms. The van der Waals surface area contributed by atoms with E-state index in [1.807, 2.05) is 12.1 Å². The van der Waals surface area contributed by atoms with E-state index in [-0.39, 0.29) is 17.2 Å². The van der Waals surface area contributed by atoms with E-state index in [9.17, 15) is 23.1 Å². The van der Waals surface area contributed by atoms with Gasteiger partial charge in [-0.25, -0.2) is 0 Å². The molecule has 2 aliphatic carbocycles. The summed E-state index contributed by atoms with van der Waals surface area (Å²) >= 11 is 0. The Kier molecular flexibility index (Phi) is 6.74. The first kappa shape index (κ1) is 25.7. The number of fused-ring (bicyclic) bond motifs is 1. The molecule has 4 nitrogen and oxygen atoms in total. The Morgan fingerprint density at radius 1 is 1.14 bits per heavy atom. The van der Waals surface area contributed by atoms with Gasteiger partial charge in [0.05, 0.1) is 32.2 Å². The molecule has 4 atom stereocenters. The Morgan fingerprint density at radius 3 is 2.57 bits per heavy atom. The molecule has 5 rings (SSSR count). The molecule has 3 aliphatic rings. The van der Waals surface area contributed by atoms with Crippen LogP contribution in [0.5, 0.6) is 5.75 Å². The number of amides is 1. The van der Waals surface area contributed by atoms with Crippen LogP contribution >= 0.6 is 0 Å². The summed E-state index contributed by atoms with van der Waals surface area (Å²) in [6.45, 7) is 3.43. The molecule has 1 unspecified atom stereocenters. The minimum absolute atomic E-state index is 0.0479. The molecule has 1 aliphatic heterocycles. The molecular formula is C30H34F3N2O2+. The lowest BCUT2D eigenvalue weighted by Gasteiger charge is -2.55. The fraction of sp³-hybridized carbons (Fsp3) is 0.500. The van der Waals surface area contributed by atoms with Crippen LogP contribution in [-0.2, 0) is 16.4 Å². The number of carbonyl (C=O) groups excluding carboxylic acids is 1. The summed E-state index contributed by atoms with van der Waals surface area (Å²) in [5, 5.41) is 13.3. The molecule has 2 aromatic carbocycles. The van der Waals surface area contributed by atoms with E-state index in [4.69, 9.17) is 0 Å². The van der Waals surface area contributed by atoms with Crippen molar-refractivity contribution in [2.45, 2.75) is 56.2 Å². The van der Waals surface area contributed by atoms with Gasteiger partial charge in [-0.2, -0.15) is 13.2 Å². The Bertz CT molecular complexity index is 1210. The standard InChI is InChI=1S/C30H33F3N2O2/c1-35(19-22-5-6-22)16-15-29(24-3-2-4-27(36)17-24)18-26(13-12-25(29)20-35)34-28(37)14-9-21-7-10-23(11-8-21)30(31,32)33/h2-4,7-8,10-11,17,22,25-26H,5-6,12-13,15-16,18-20H2,1H3,(H-,34,36,37)/p+1/t25?,26-,29-,35+/m0/s1. The van der Waals surface area contributed by atoms with Crippen LogP contribution in [0.1, 0.15) is 55.2 Å². The van der Waals surface area contributed by atoms with Crippen molar-refractivity contribution in [1.82, 2.24) is 5.32 Å². The molecular weight excluding hydrogens is 477 g/mol. The normalized spacial score (nSPS) is 29.5. The highest BCUT2D eigenvalue weighted by Crippen LogP contribution is 2.51. The maximum atomic E-state index is 12.8. The molecule has 196 valence electrons. The number of nitrogens with zero attached hydrogens (tertiary/aromatic N) is 1. The van der Waals surface area contributed by atoms with E-state index in [1.165, 1.54) is 31.5 Å². The third kappa shape index (κ3) is 5.80. The minimum atomic E-state index is -4.40. The van der Waals surface area contributed by atoms with Crippen molar-refractivity contribution in [3.8, 4) is 17.6 Å². The highest BCUT2D eigenvalue weighted by molar-refractivity contribution is 5.94. The maximum absolute atomic E-state index is 12.8. The van der Waals surface area contributed by atoms with E-state index < -0.39 is 17.6 Å². The van der Waals surface area contributed by atoms with E-state index in [2.05, 4.69) is 30.3 Å². The highest BCUT2D eigenvalue weighted by atomic mass is 19.4. The number of phenolic OH excluding ortho intramolecular Hbond substituents is 1. The van der Waals surface area contributed by atoms with Crippen molar-refractivity contribution in [2.75, 3.05) is 26.7 Å². The molecule has 0 bridgehead atoms. The van der Waals surface area contributed by atoms with Crippen LogP contribution in [0.15, 0.2) is 48.5 Å². The van der Waals surface area contributed by atoms with E-state index in [1.54, 1.807) is 6.07 Å². The van der Waals surface area contributed by atoms with E-state index in [0.29, 0.717) is 11.5 Å². The Labute approximate surface area is 216 Å². The van der Waals surface area contributed by atoms with Gasteiger partial charge in [-0.1, -0.05) is 18.1 Å². The summed E-state index contributed by atoms with van der Waals surface area (Å²) in [5.74, 6) is 6.42. The van der Waals surface area contributed by atoms with Gasteiger partial charge >= 0.3 is 6.18 Å². The summed E-state index contributed by atoms with van der Waals surface area (Å²) in [5.41, 5.74) is 0.654. The van der Waals surface area contributed by atoms with E-state index >= 15 is 0 Å². The van der Waals surface area contributed by atoms with Gasteiger partial charge in [0, 0.05) is 41.2 Å². The number of nitrogens with one attached hydrogen (secondary N) is 1. The molecule has 3 fully saturated rings. The van der Waals surface area contributed by atoms with Crippen molar-refractivity contribution < 1.29 is 27.6 Å². The third-order valence-electron chi connectivity index (χ3n) is 8.70. The average molecular weight is 512 g/mol. The first-order chi connectivity index (χ1) is 17.5. The SMILES string of the molecule is C[N@+]1(CC2CC2)CC[C@@]2(c3cccc(O)c3)C[C@@H](NC(=O)C#Cc3ccc(C(F)(F)F)cc3)CCC2C1. The van der Waals surface area contributed by atoms with Gasteiger partial charge < -0.3 is 14.9 Å². The summed E-state index contributed by atoms with van der Waals surface area (Å²) < 4.78 is 39.4. The van der Waals surface area contributed by atoms with Gasteiger partial charge in [0.25, 0.3) is 5.91 Å². The zero-order valence-corrected chi connectivity index (χ0v) is 21.2. The number of hydrogen-bond donors (Lipinski definition) is 2. The molecule has 1 heterocycles. The number of aromatic hydroxyl groups is 1. The number of likely N-dealkylation sites (tertiary alicyclic amines) is 1. The third-order valence-corrected chi connectivity index (χ3v) is 8.70. The molecule has 1 amide bonds. The average Bonchev–Trinajstić information content (AvgIpc) is 3.66. The quantitative estimate of drug-likeness (QED) is 0.436. The van der Waals surface area contributed by atoms with Crippen molar-refractivity contribution in [3.63, 3.8) is 0 Å². The van der Waals surface area contributed by atoms with Crippen LogP contribution < -0.4 is 5.32 Å². The summed E-state index contributed by atoms with van der Waals surface area (Å²) in [6, 6.07) is 12.1. The molecule has 0 radical (unpaired) electrons. The first-order valence-electron chi connectivity index (χ1n) is 13.2. The number of alkyl halides is 3. The molecule has 7 heteroatoms. The second kappa shape index (κ2) is 9.72. The van der Waals surface area contributed by atoms with Crippen molar-refractivity contribution in [2.24, 2.45) is 11.8 Å². The molecule has 2 N–H and O–H groups in total. The lowest BCUT2D eigenvalue weighted by molar-refractivity contribution is -0.921. The summed E-state index contributed by atoms with van der Waals surface area (Å²) in [4.78, 5) is 12.7. The van der Waals surface area contributed by atoms with Crippen molar-refractivity contribution in [3.05, 3.63) is 65.2 Å². The van der Waals surface area contributed by atoms with Crippen LogP contribution in [0.4, 0.5) is 13.2 Å². The maximum Gasteiger partial charge on any atom is 0.416 e. The van der Waals surface area contributed by atoms with Crippen LogP contribution in [-0.4, -0.2) is 48.2 Å². The van der Waals surface area contributed by atoms with Crippen molar-refractivity contribution in [1.29, 1.82) is 0 Å². The molecule has 2 saturated carbocycles. The Hall–Kier alpha value is -2.98. The fourth-order valence-electron chi connectivity index (χ4n) is 6.67. The number of phenols is 1. The van der Waals surface area contributed by atoms with Gasteiger partial charge in [-0.15, -0.1) is 0 Å². The van der Waals surface area contributed by atoms with Crippen LogP contribution in [0, 0.1) is 23.7 Å². The molecule has 0 aromatic heterocycles. The Morgan fingerprint density at radius 2 is 1.89 bits per heavy atom. The van der Waals surface area contributed by atoms with Gasteiger partial charge in [0.2, 0.25) is 0 Å². The first-order valence-corrected chi connectivity index (χ1v) is 13.2. The van der Waals surface area contributed by atoms with Crippen LogP contribution in [0.25, 0.3) is 0 Å². The minimum Gasteiger partial charge on any atom is -0.508 e.